The van der Waals surface area contributed by atoms with Gasteiger partial charge in [-0.3, -0.25) is 4.79 Å². The molecule has 0 saturated heterocycles. The number of hydrogen-bond acceptors (Lipinski definition) is 3. The molecule has 0 aliphatic rings. The standard InChI is InChI=1S/C31H53O3/c1-3-5-7-9-11-13-15-17-19-21-25-33-30-24-23-29(28-32)31(27-30)34-26-22-20-18-16-14-12-10-8-6-4-2/h23-24,27H,3-22,25-26H2,1-2H3. The first-order chi connectivity index (χ1) is 16.8. The smallest absolute Gasteiger partial charge is 0.237 e. The van der Waals surface area contributed by atoms with E-state index >= 15 is 0 Å². The molecule has 0 spiro atoms. The highest BCUT2D eigenvalue weighted by Crippen LogP contribution is 2.24. The quantitative estimate of drug-likeness (QED) is 0.133. The van der Waals surface area contributed by atoms with Crippen molar-refractivity contribution in [2.75, 3.05) is 13.2 Å². The van der Waals surface area contributed by atoms with Crippen LogP contribution in [0.3, 0.4) is 0 Å². The van der Waals surface area contributed by atoms with Crippen LogP contribution >= 0.6 is 0 Å². The van der Waals surface area contributed by atoms with Gasteiger partial charge in [-0.05, 0) is 25.0 Å². The summed E-state index contributed by atoms with van der Waals surface area (Å²) in [5, 5.41) is 0. The van der Waals surface area contributed by atoms with Crippen molar-refractivity contribution in [1.29, 1.82) is 0 Å². The summed E-state index contributed by atoms with van der Waals surface area (Å²) in [6, 6.07) is 5.46. The molecule has 0 aromatic heterocycles. The Kier molecular flexibility index (Phi) is 20.9. The molecule has 3 nitrogen and oxygen atoms in total. The molecule has 0 atom stereocenters. The number of ether oxygens (including phenoxy) is 2. The molecule has 0 amide bonds. The van der Waals surface area contributed by atoms with Crippen LogP contribution in [0.15, 0.2) is 18.2 Å². The Morgan fingerprint density at radius 2 is 0.971 bits per heavy atom. The lowest BCUT2D eigenvalue weighted by Gasteiger charge is -2.11. The highest BCUT2D eigenvalue weighted by molar-refractivity contribution is 5.80. The Morgan fingerprint density at radius 3 is 1.41 bits per heavy atom. The summed E-state index contributed by atoms with van der Waals surface area (Å²) >= 11 is 0. The van der Waals surface area contributed by atoms with E-state index < -0.39 is 0 Å². The summed E-state index contributed by atoms with van der Waals surface area (Å²) in [7, 11) is 0. The van der Waals surface area contributed by atoms with E-state index in [1.807, 2.05) is 18.4 Å². The minimum atomic E-state index is 0.485. The molecule has 0 bridgehead atoms. The van der Waals surface area contributed by atoms with Crippen molar-refractivity contribution in [3.63, 3.8) is 0 Å². The zero-order valence-electron chi connectivity index (χ0n) is 22.5. The van der Waals surface area contributed by atoms with Gasteiger partial charge in [0.2, 0.25) is 6.29 Å². The Balaban J connectivity index is 2.10. The number of unbranched alkanes of at least 4 members (excludes halogenated alkanes) is 18. The molecule has 0 saturated carbocycles. The summed E-state index contributed by atoms with van der Waals surface area (Å²) < 4.78 is 11.8. The average molecular weight is 474 g/mol. The van der Waals surface area contributed by atoms with Crippen LogP contribution in [0.2, 0.25) is 0 Å². The largest absolute Gasteiger partial charge is 0.493 e. The molecule has 195 valence electrons. The van der Waals surface area contributed by atoms with E-state index in [0.29, 0.717) is 17.9 Å². The summed E-state index contributed by atoms with van der Waals surface area (Å²) in [5.74, 6) is 1.39. The van der Waals surface area contributed by atoms with Crippen LogP contribution in [-0.2, 0) is 4.79 Å². The Labute approximate surface area is 211 Å². The third-order valence-corrected chi connectivity index (χ3v) is 6.59. The van der Waals surface area contributed by atoms with E-state index in [9.17, 15) is 4.79 Å². The summed E-state index contributed by atoms with van der Waals surface area (Å²) in [5.41, 5.74) is 0.485. The highest BCUT2D eigenvalue weighted by atomic mass is 16.5. The van der Waals surface area contributed by atoms with Crippen LogP contribution in [-0.4, -0.2) is 19.5 Å². The zero-order valence-corrected chi connectivity index (χ0v) is 22.5. The Morgan fingerprint density at radius 1 is 0.559 bits per heavy atom. The fourth-order valence-corrected chi connectivity index (χ4v) is 4.35. The maximum Gasteiger partial charge on any atom is 0.237 e. The SMILES string of the molecule is CCCCCCCCCCCCOc1ccc([C]=O)c(OCCCCCCCCCCCC)c1. The van der Waals surface area contributed by atoms with Crippen molar-refractivity contribution < 1.29 is 14.3 Å². The maximum atomic E-state index is 11.3. The maximum absolute atomic E-state index is 11.3. The zero-order chi connectivity index (χ0) is 24.5. The van der Waals surface area contributed by atoms with Crippen molar-refractivity contribution in [3.05, 3.63) is 23.8 Å². The molecule has 0 aliphatic heterocycles. The van der Waals surface area contributed by atoms with Gasteiger partial charge < -0.3 is 9.47 Å². The van der Waals surface area contributed by atoms with Gasteiger partial charge in [0.15, 0.2) is 0 Å². The molecule has 1 aromatic carbocycles. The number of hydrogen-bond donors (Lipinski definition) is 0. The fourth-order valence-electron chi connectivity index (χ4n) is 4.35. The van der Waals surface area contributed by atoms with Gasteiger partial charge in [-0.1, -0.05) is 129 Å². The van der Waals surface area contributed by atoms with Crippen molar-refractivity contribution in [1.82, 2.24) is 0 Å². The topological polar surface area (TPSA) is 35.5 Å². The van der Waals surface area contributed by atoms with E-state index in [1.165, 1.54) is 116 Å². The van der Waals surface area contributed by atoms with Gasteiger partial charge in [0.25, 0.3) is 0 Å². The third kappa shape index (κ3) is 17.0. The minimum Gasteiger partial charge on any atom is -0.493 e. The van der Waals surface area contributed by atoms with Crippen LogP contribution < -0.4 is 9.47 Å². The second kappa shape index (κ2) is 23.2. The first-order valence-corrected chi connectivity index (χ1v) is 14.6. The summed E-state index contributed by atoms with van der Waals surface area (Å²) in [6.07, 6.45) is 28.2. The van der Waals surface area contributed by atoms with Crippen LogP contribution in [0, 0.1) is 0 Å². The molecule has 34 heavy (non-hydrogen) atoms. The van der Waals surface area contributed by atoms with Crippen LogP contribution in [0.5, 0.6) is 11.5 Å². The monoisotopic (exact) mass is 473 g/mol. The Bertz CT molecular complexity index is 584. The van der Waals surface area contributed by atoms with Gasteiger partial charge >= 0.3 is 0 Å². The highest BCUT2D eigenvalue weighted by Gasteiger charge is 2.07. The molecular formula is C31H53O3. The van der Waals surface area contributed by atoms with E-state index in [2.05, 4.69) is 13.8 Å². The number of carbonyl (C=O) groups excluding carboxylic acids is 1. The molecule has 1 aromatic rings. The van der Waals surface area contributed by atoms with Gasteiger partial charge in [-0.2, -0.15) is 0 Å². The van der Waals surface area contributed by atoms with Crippen LogP contribution in [0.1, 0.15) is 148 Å². The predicted molar refractivity (Wildman–Crippen MR) is 146 cm³/mol. The second-order valence-corrected chi connectivity index (χ2v) is 9.82. The first-order valence-electron chi connectivity index (χ1n) is 14.6. The number of benzene rings is 1. The Hall–Kier alpha value is -1.51. The molecule has 0 aliphatic carbocycles. The van der Waals surface area contributed by atoms with Crippen LogP contribution in [0.4, 0.5) is 0 Å². The van der Waals surface area contributed by atoms with Gasteiger partial charge in [0.05, 0.1) is 18.8 Å². The van der Waals surface area contributed by atoms with Crippen molar-refractivity contribution in [3.8, 4) is 11.5 Å². The average Bonchev–Trinajstić information content (AvgIpc) is 2.86. The first kappa shape index (κ1) is 30.5. The van der Waals surface area contributed by atoms with Gasteiger partial charge in [-0.15, -0.1) is 0 Å². The molecular weight excluding hydrogens is 420 g/mol. The van der Waals surface area contributed by atoms with Crippen molar-refractivity contribution in [2.24, 2.45) is 0 Å². The van der Waals surface area contributed by atoms with Gasteiger partial charge in [-0.25, -0.2) is 0 Å². The molecule has 0 fully saturated rings. The molecule has 0 unspecified atom stereocenters. The van der Waals surface area contributed by atoms with Gasteiger partial charge in [0, 0.05) is 6.07 Å². The fraction of sp³-hybridized carbons (Fsp3) is 0.774. The molecule has 3 heteroatoms. The lowest BCUT2D eigenvalue weighted by atomic mass is 10.1. The molecule has 0 N–H and O–H groups in total. The lowest BCUT2D eigenvalue weighted by Crippen LogP contribution is -2.02. The van der Waals surface area contributed by atoms with E-state index in [1.54, 1.807) is 6.07 Å². The van der Waals surface area contributed by atoms with Crippen LogP contribution in [0.25, 0.3) is 0 Å². The summed E-state index contributed by atoms with van der Waals surface area (Å²) in [6.45, 7) is 5.90. The summed E-state index contributed by atoms with van der Waals surface area (Å²) in [4.78, 5) is 11.3. The molecule has 1 radical (unpaired) electrons. The van der Waals surface area contributed by atoms with Crippen molar-refractivity contribution in [2.45, 2.75) is 142 Å². The van der Waals surface area contributed by atoms with E-state index in [-0.39, 0.29) is 0 Å². The van der Waals surface area contributed by atoms with E-state index in [4.69, 9.17) is 9.47 Å². The normalized spacial score (nSPS) is 11.0. The molecule has 1 rings (SSSR count). The van der Waals surface area contributed by atoms with E-state index in [0.717, 1.165) is 25.2 Å². The minimum absolute atomic E-state index is 0.485. The predicted octanol–water partition coefficient (Wildman–Crippen LogP) is 9.74. The lowest BCUT2D eigenvalue weighted by molar-refractivity contribution is 0.289. The second-order valence-electron chi connectivity index (χ2n) is 9.82. The molecule has 0 heterocycles. The number of rotatable bonds is 25. The van der Waals surface area contributed by atoms with Gasteiger partial charge in [0.1, 0.15) is 11.5 Å². The van der Waals surface area contributed by atoms with Crippen molar-refractivity contribution >= 4 is 6.29 Å². The third-order valence-electron chi connectivity index (χ3n) is 6.59.